The Balaban J connectivity index is 2.11. The fraction of sp³-hybridized carbons (Fsp3) is 0.278. The molecular formula is C18H21NO3. The van der Waals surface area contributed by atoms with E-state index in [1.807, 2.05) is 50.2 Å². The molecule has 0 saturated heterocycles. The number of para-hydroxylation sites is 3. The van der Waals surface area contributed by atoms with Crippen LogP contribution >= 0.6 is 0 Å². The van der Waals surface area contributed by atoms with E-state index in [0.29, 0.717) is 17.9 Å². The quantitative estimate of drug-likeness (QED) is 0.882. The number of carbonyl (C=O) groups is 1. The van der Waals surface area contributed by atoms with Crippen LogP contribution in [0.1, 0.15) is 18.9 Å². The number of ether oxygens (including phenoxy) is 2. The molecule has 0 unspecified atom stereocenters. The van der Waals surface area contributed by atoms with Crippen molar-refractivity contribution in [2.24, 2.45) is 0 Å². The predicted molar refractivity (Wildman–Crippen MR) is 87.5 cm³/mol. The molecule has 1 atom stereocenters. The predicted octanol–water partition coefficient (Wildman–Crippen LogP) is 3.80. The number of amides is 1. The average Bonchev–Trinajstić information content (AvgIpc) is 2.54. The van der Waals surface area contributed by atoms with Gasteiger partial charge in [0.1, 0.15) is 11.5 Å². The van der Waals surface area contributed by atoms with Crippen molar-refractivity contribution in [3.63, 3.8) is 0 Å². The molecule has 0 spiro atoms. The largest absolute Gasteiger partial charge is 0.495 e. The minimum Gasteiger partial charge on any atom is -0.495 e. The van der Waals surface area contributed by atoms with Crippen LogP contribution in [0.3, 0.4) is 0 Å². The number of nitrogens with one attached hydrogen (secondary N) is 1. The van der Waals surface area contributed by atoms with Crippen molar-refractivity contribution in [2.75, 3.05) is 12.4 Å². The van der Waals surface area contributed by atoms with Gasteiger partial charge in [0, 0.05) is 0 Å². The Kier molecular flexibility index (Phi) is 5.42. The van der Waals surface area contributed by atoms with Gasteiger partial charge in [0.15, 0.2) is 6.10 Å². The fourth-order valence-corrected chi connectivity index (χ4v) is 2.13. The number of carbonyl (C=O) groups excluding carboxylic acids is 1. The summed E-state index contributed by atoms with van der Waals surface area (Å²) < 4.78 is 11.1. The zero-order valence-electron chi connectivity index (χ0n) is 13.1. The third kappa shape index (κ3) is 3.79. The molecule has 116 valence electrons. The molecule has 0 aliphatic rings. The summed E-state index contributed by atoms with van der Waals surface area (Å²) in [4.78, 5) is 12.4. The van der Waals surface area contributed by atoms with Gasteiger partial charge < -0.3 is 14.8 Å². The maximum absolute atomic E-state index is 12.4. The van der Waals surface area contributed by atoms with Gasteiger partial charge in [-0.1, -0.05) is 37.3 Å². The molecule has 4 heteroatoms. The smallest absolute Gasteiger partial charge is 0.265 e. The van der Waals surface area contributed by atoms with E-state index in [4.69, 9.17) is 9.47 Å². The number of aryl methyl sites for hydroxylation is 1. The van der Waals surface area contributed by atoms with E-state index in [0.717, 1.165) is 11.3 Å². The molecule has 22 heavy (non-hydrogen) atoms. The van der Waals surface area contributed by atoms with Crippen LogP contribution in [-0.4, -0.2) is 19.1 Å². The van der Waals surface area contributed by atoms with Crippen LogP contribution in [0.15, 0.2) is 48.5 Å². The summed E-state index contributed by atoms with van der Waals surface area (Å²) in [6, 6.07) is 15.0. The Bertz CT molecular complexity index is 640. The summed E-state index contributed by atoms with van der Waals surface area (Å²) in [7, 11) is 1.58. The number of benzene rings is 2. The van der Waals surface area contributed by atoms with Crippen molar-refractivity contribution in [3.8, 4) is 11.5 Å². The number of hydrogen-bond donors (Lipinski definition) is 1. The van der Waals surface area contributed by atoms with E-state index >= 15 is 0 Å². The number of methoxy groups -OCH3 is 1. The minimum absolute atomic E-state index is 0.185. The van der Waals surface area contributed by atoms with Gasteiger partial charge in [-0.05, 0) is 37.1 Å². The second kappa shape index (κ2) is 7.50. The van der Waals surface area contributed by atoms with Crippen LogP contribution in [0.25, 0.3) is 0 Å². The molecule has 0 fully saturated rings. The minimum atomic E-state index is -0.550. The summed E-state index contributed by atoms with van der Waals surface area (Å²) in [5.74, 6) is 1.17. The molecule has 2 aromatic carbocycles. The normalized spacial score (nSPS) is 11.6. The SMILES string of the molecule is CC[C@H](Oc1ccccc1C)C(=O)Nc1ccccc1OC. The number of rotatable bonds is 6. The summed E-state index contributed by atoms with van der Waals surface area (Å²) in [5, 5.41) is 2.86. The van der Waals surface area contributed by atoms with Crippen molar-refractivity contribution in [1.29, 1.82) is 0 Å². The third-order valence-electron chi connectivity index (χ3n) is 3.39. The molecule has 4 nitrogen and oxygen atoms in total. The van der Waals surface area contributed by atoms with Gasteiger partial charge >= 0.3 is 0 Å². The molecule has 2 rings (SSSR count). The van der Waals surface area contributed by atoms with Crippen molar-refractivity contribution in [3.05, 3.63) is 54.1 Å². The molecule has 0 aliphatic heterocycles. The van der Waals surface area contributed by atoms with E-state index in [2.05, 4.69) is 5.32 Å². The second-order valence-corrected chi connectivity index (χ2v) is 4.97. The molecule has 2 aromatic rings. The third-order valence-corrected chi connectivity index (χ3v) is 3.39. The van der Waals surface area contributed by atoms with Gasteiger partial charge in [-0.15, -0.1) is 0 Å². The fourth-order valence-electron chi connectivity index (χ4n) is 2.13. The van der Waals surface area contributed by atoms with Crippen LogP contribution in [0, 0.1) is 6.92 Å². The first-order chi connectivity index (χ1) is 10.7. The first kappa shape index (κ1) is 15.9. The highest BCUT2D eigenvalue weighted by Crippen LogP contribution is 2.24. The average molecular weight is 299 g/mol. The Morgan fingerprint density at radius 3 is 2.36 bits per heavy atom. The maximum atomic E-state index is 12.4. The number of hydrogen-bond acceptors (Lipinski definition) is 3. The molecule has 1 amide bonds. The number of anilines is 1. The van der Waals surface area contributed by atoms with Gasteiger partial charge in [0.05, 0.1) is 12.8 Å². The Labute approximate surface area is 131 Å². The van der Waals surface area contributed by atoms with Crippen molar-refractivity contribution in [1.82, 2.24) is 0 Å². The van der Waals surface area contributed by atoms with Gasteiger partial charge in [0.25, 0.3) is 5.91 Å². The van der Waals surface area contributed by atoms with E-state index in [1.54, 1.807) is 19.2 Å². The van der Waals surface area contributed by atoms with Crippen molar-refractivity contribution >= 4 is 11.6 Å². The molecule has 1 N–H and O–H groups in total. The standard InChI is InChI=1S/C18H21NO3/c1-4-15(22-16-11-7-5-9-13(16)2)18(20)19-14-10-6-8-12-17(14)21-3/h5-12,15H,4H2,1-3H3,(H,19,20)/t15-/m0/s1. The van der Waals surface area contributed by atoms with Gasteiger partial charge in [-0.3, -0.25) is 4.79 Å². The molecule has 0 aliphatic carbocycles. The summed E-state index contributed by atoms with van der Waals surface area (Å²) in [5.41, 5.74) is 1.65. The van der Waals surface area contributed by atoms with Crippen LogP contribution in [-0.2, 0) is 4.79 Å². The van der Waals surface area contributed by atoms with Crippen LogP contribution in [0.2, 0.25) is 0 Å². The van der Waals surface area contributed by atoms with Crippen LogP contribution in [0.4, 0.5) is 5.69 Å². The molecule has 0 radical (unpaired) electrons. The topological polar surface area (TPSA) is 47.6 Å². The lowest BCUT2D eigenvalue weighted by Gasteiger charge is -2.19. The Morgan fingerprint density at radius 1 is 1.09 bits per heavy atom. The summed E-state index contributed by atoms with van der Waals surface area (Å²) in [6.45, 7) is 3.88. The van der Waals surface area contributed by atoms with Gasteiger partial charge in [-0.25, -0.2) is 0 Å². The lowest BCUT2D eigenvalue weighted by Crippen LogP contribution is -2.32. The molecule has 0 saturated carbocycles. The van der Waals surface area contributed by atoms with Crippen molar-refractivity contribution in [2.45, 2.75) is 26.4 Å². The van der Waals surface area contributed by atoms with Gasteiger partial charge in [-0.2, -0.15) is 0 Å². The summed E-state index contributed by atoms with van der Waals surface area (Å²) >= 11 is 0. The molecular weight excluding hydrogens is 278 g/mol. The van der Waals surface area contributed by atoms with Crippen LogP contribution in [0.5, 0.6) is 11.5 Å². The monoisotopic (exact) mass is 299 g/mol. The van der Waals surface area contributed by atoms with E-state index in [-0.39, 0.29) is 5.91 Å². The first-order valence-electron chi connectivity index (χ1n) is 7.32. The lowest BCUT2D eigenvalue weighted by molar-refractivity contribution is -0.122. The molecule has 0 bridgehead atoms. The maximum Gasteiger partial charge on any atom is 0.265 e. The van der Waals surface area contributed by atoms with Gasteiger partial charge in [0.2, 0.25) is 0 Å². The van der Waals surface area contributed by atoms with Crippen LogP contribution < -0.4 is 14.8 Å². The lowest BCUT2D eigenvalue weighted by atomic mass is 10.2. The molecule has 0 heterocycles. The Hall–Kier alpha value is -2.49. The van der Waals surface area contributed by atoms with E-state index in [9.17, 15) is 4.79 Å². The van der Waals surface area contributed by atoms with E-state index in [1.165, 1.54) is 0 Å². The zero-order chi connectivity index (χ0) is 15.9. The van der Waals surface area contributed by atoms with E-state index < -0.39 is 6.10 Å². The summed E-state index contributed by atoms with van der Waals surface area (Å²) in [6.07, 6.45) is 0.0287. The Morgan fingerprint density at radius 2 is 1.73 bits per heavy atom. The highest BCUT2D eigenvalue weighted by molar-refractivity contribution is 5.95. The highest BCUT2D eigenvalue weighted by atomic mass is 16.5. The second-order valence-electron chi connectivity index (χ2n) is 4.97. The zero-order valence-corrected chi connectivity index (χ0v) is 13.1. The highest BCUT2D eigenvalue weighted by Gasteiger charge is 2.20. The first-order valence-corrected chi connectivity index (χ1v) is 7.32. The molecule has 0 aromatic heterocycles. The van der Waals surface area contributed by atoms with Crippen molar-refractivity contribution < 1.29 is 14.3 Å².